The zero-order valence-corrected chi connectivity index (χ0v) is 15.1. The van der Waals surface area contributed by atoms with Crippen LogP contribution < -0.4 is 11.1 Å². The maximum Gasteiger partial charge on any atom is 0.224 e. The molecule has 3 atom stereocenters. The number of carbonyl (C=O) groups excluding carboxylic acids is 1. The van der Waals surface area contributed by atoms with E-state index in [2.05, 4.69) is 45.5 Å². The Balaban J connectivity index is 1.45. The maximum atomic E-state index is 12.7. The Kier molecular flexibility index (Phi) is 4.09. The zero-order valence-electron chi connectivity index (χ0n) is 13.5. The summed E-state index contributed by atoms with van der Waals surface area (Å²) in [7, 11) is 0. The Morgan fingerprint density at radius 2 is 2.08 bits per heavy atom. The van der Waals surface area contributed by atoms with Crippen LogP contribution >= 0.6 is 15.9 Å². The van der Waals surface area contributed by atoms with E-state index in [1.165, 1.54) is 16.7 Å². The molecule has 2 aliphatic rings. The van der Waals surface area contributed by atoms with Crippen LogP contribution in [0.25, 0.3) is 0 Å². The molecule has 1 saturated carbocycles. The molecule has 124 valence electrons. The molecule has 0 aliphatic heterocycles. The molecule has 3 N–H and O–H groups in total. The molecule has 1 fully saturated rings. The molecule has 0 saturated heterocycles. The van der Waals surface area contributed by atoms with E-state index in [-0.39, 0.29) is 17.9 Å². The number of rotatable bonds is 3. The molecule has 0 bridgehead atoms. The molecule has 2 aliphatic carbocycles. The minimum atomic E-state index is 0.110. The SMILES string of the molecule is Nc1ccc2c(c1)CCCC2NC(=O)C1CC1c1cccc(Br)c1. The zero-order chi connectivity index (χ0) is 16.7. The molecule has 2 aromatic rings. The number of anilines is 1. The molecule has 0 aromatic heterocycles. The summed E-state index contributed by atoms with van der Waals surface area (Å²) in [4.78, 5) is 12.7. The van der Waals surface area contributed by atoms with Gasteiger partial charge in [-0.1, -0.05) is 34.1 Å². The van der Waals surface area contributed by atoms with Gasteiger partial charge in [0.2, 0.25) is 5.91 Å². The van der Waals surface area contributed by atoms with Crippen molar-refractivity contribution in [3.05, 3.63) is 63.6 Å². The third-order valence-electron chi connectivity index (χ3n) is 5.20. The van der Waals surface area contributed by atoms with Crippen LogP contribution in [0.2, 0.25) is 0 Å². The number of amides is 1. The second-order valence-corrected chi connectivity index (χ2v) is 7.83. The van der Waals surface area contributed by atoms with Crippen LogP contribution in [-0.2, 0) is 11.2 Å². The van der Waals surface area contributed by atoms with Crippen LogP contribution in [0.1, 0.15) is 47.9 Å². The lowest BCUT2D eigenvalue weighted by molar-refractivity contribution is -0.123. The summed E-state index contributed by atoms with van der Waals surface area (Å²) in [6.45, 7) is 0. The van der Waals surface area contributed by atoms with E-state index in [4.69, 9.17) is 5.73 Å². The average molecular weight is 385 g/mol. The lowest BCUT2D eigenvalue weighted by Crippen LogP contribution is -2.32. The number of fused-ring (bicyclic) bond motifs is 1. The van der Waals surface area contributed by atoms with Crippen molar-refractivity contribution in [2.24, 2.45) is 5.92 Å². The number of nitrogens with two attached hydrogens (primary N) is 1. The van der Waals surface area contributed by atoms with E-state index >= 15 is 0 Å². The summed E-state index contributed by atoms with van der Waals surface area (Å²) in [6, 6.07) is 14.5. The molecule has 3 unspecified atom stereocenters. The molecule has 2 aromatic carbocycles. The smallest absolute Gasteiger partial charge is 0.224 e. The van der Waals surface area contributed by atoms with Crippen molar-refractivity contribution in [3.63, 3.8) is 0 Å². The molecule has 4 heteroatoms. The van der Waals surface area contributed by atoms with E-state index < -0.39 is 0 Å². The van der Waals surface area contributed by atoms with Gasteiger partial charge in [0.25, 0.3) is 0 Å². The standard InChI is InChI=1S/C20H21BrN2O/c21-14-5-1-3-12(9-14)17-11-18(17)20(24)23-19-6-2-4-13-10-15(22)7-8-16(13)19/h1,3,5,7-10,17-19H,2,4,6,11,22H2,(H,23,24). The summed E-state index contributed by atoms with van der Waals surface area (Å²) < 4.78 is 1.07. The first-order chi connectivity index (χ1) is 11.6. The quantitative estimate of drug-likeness (QED) is 0.773. The predicted octanol–water partition coefficient (Wildman–Crippen LogP) is 4.33. The molecule has 0 heterocycles. The molecule has 4 rings (SSSR count). The molecule has 0 radical (unpaired) electrons. The fraction of sp³-hybridized carbons (Fsp3) is 0.350. The van der Waals surface area contributed by atoms with Crippen LogP contribution in [0.4, 0.5) is 5.69 Å². The Hall–Kier alpha value is -1.81. The fourth-order valence-corrected chi connectivity index (χ4v) is 4.27. The lowest BCUT2D eigenvalue weighted by Gasteiger charge is -2.26. The minimum absolute atomic E-state index is 0.110. The van der Waals surface area contributed by atoms with Gasteiger partial charge < -0.3 is 11.1 Å². The number of hydrogen-bond acceptors (Lipinski definition) is 2. The van der Waals surface area contributed by atoms with Gasteiger partial charge in [-0.15, -0.1) is 0 Å². The largest absolute Gasteiger partial charge is 0.399 e. The number of benzene rings is 2. The van der Waals surface area contributed by atoms with Crippen LogP contribution in [0.5, 0.6) is 0 Å². The van der Waals surface area contributed by atoms with E-state index in [9.17, 15) is 4.79 Å². The van der Waals surface area contributed by atoms with Crippen LogP contribution in [-0.4, -0.2) is 5.91 Å². The normalized spacial score (nSPS) is 25.0. The average Bonchev–Trinajstić information content (AvgIpc) is 3.35. The van der Waals surface area contributed by atoms with Gasteiger partial charge in [-0.25, -0.2) is 0 Å². The summed E-state index contributed by atoms with van der Waals surface area (Å²) in [5.41, 5.74) is 10.5. The fourth-order valence-electron chi connectivity index (χ4n) is 3.85. The second kappa shape index (κ2) is 6.25. The van der Waals surface area contributed by atoms with Crippen LogP contribution in [0.15, 0.2) is 46.9 Å². The van der Waals surface area contributed by atoms with Crippen molar-refractivity contribution >= 4 is 27.5 Å². The van der Waals surface area contributed by atoms with Gasteiger partial charge in [-0.3, -0.25) is 4.79 Å². The highest BCUT2D eigenvalue weighted by Gasteiger charge is 2.44. The number of hydrogen-bond donors (Lipinski definition) is 2. The Morgan fingerprint density at radius 3 is 2.92 bits per heavy atom. The lowest BCUT2D eigenvalue weighted by atomic mass is 9.87. The van der Waals surface area contributed by atoms with Crippen molar-refractivity contribution < 1.29 is 4.79 Å². The van der Waals surface area contributed by atoms with Gasteiger partial charge in [0.05, 0.1) is 6.04 Å². The summed E-state index contributed by atoms with van der Waals surface area (Å²) >= 11 is 3.51. The predicted molar refractivity (Wildman–Crippen MR) is 99.7 cm³/mol. The van der Waals surface area contributed by atoms with E-state index in [1.54, 1.807) is 0 Å². The van der Waals surface area contributed by atoms with Crippen molar-refractivity contribution in [1.82, 2.24) is 5.32 Å². The number of nitrogen functional groups attached to an aromatic ring is 1. The van der Waals surface area contributed by atoms with Crippen molar-refractivity contribution in [2.75, 3.05) is 5.73 Å². The highest BCUT2D eigenvalue weighted by Crippen LogP contribution is 2.48. The number of aryl methyl sites for hydroxylation is 1. The molecule has 0 spiro atoms. The van der Waals surface area contributed by atoms with Crippen LogP contribution in [0, 0.1) is 5.92 Å². The van der Waals surface area contributed by atoms with Gasteiger partial charge >= 0.3 is 0 Å². The van der Waals surface area contributed by atoms with Crippen molar-refractivity contribution in [2.45, 2.75) is 37.6 Å². The first kappa shape index (κ1) is 15.7. The highest BCUT2D eigenvalue weighted by molar-refractivity contribution is 9.10. The van der Waals surface area contributed by atoms with E-state index in [0.717, 1.165) is 35.8 Å². The molecule has 24 heavy (non-hydrogen) atoms. The van der Waals surface area contributed by atoms with Crippen molar-refractivity contribution in [1.29, 1.82) is 0 Å². The molecule has 1 amide bonds. The third kappa shape index (κ3) is 3.07. The minimum Gasteiger partial charge on any atom is -0.399 e. The topological polar surface area (TPSA) is 55.1 Å². The number of carbonyl (C=O) groups is 1. The second-order valence-electron chi connectivity index (χ2n) is 6.92. The van der Waals surface area contributed by atoms with Gasteiger partial charge in [-0.2, -0.15) is 0 Å². The third-order valence-corrected chi connectivity index (χ3v) is 5.70. The molecule has 3 nitrogen and oxygen atoms in total. The molecular formula is C20H21BrN2O. The summed E-state index contributed by atoms with van der Waals surface area (Å²) in [5, 5.41) is 3.28. The number of nitrogens with one attached hydrogen (secondary N) is 1. The molecular weight excluding hydrogens is 364 g/mol. The van der Waals surface area contributed by atoms with Gasteiger partial charge in [-0.05, 0) is 72.6 Å². The monoisotopic (exact) mass is 384 g/mol. The van der Waals surface area contributed by atoms with Gasteiger partial charge in [0.15, 0.2) is 0 Å². The van der Waals surface area contributed by atoms with E-state index in [0.29, 0.717) is 5.92 Å². The first-order valence-corrected chi connectivity index (χ1v) is 9.35. The number of halogens is 1. The summed E-state index contributed by atoms with van der Waals surface area (Å²) in [5.74, 6) is 0.657. The highest BCUT2D eigenvalue weighted by atomic mass is 79.9. The van der Waals surface area contributed by atoms with Gasteiger partial charge in [0, 0.05) is 16.1 Å². The Bertz CT molecular complexity index is 789. The Morgan fingerprint density at radius 1 is 1.21 bits per heavy atom. The Labute approximate surface area is 150 Å². The first-order valence-electron chi connectivity index (χ1n) is 8.56. The van der Waals surface area contributed by atoms with Crippen LogP contribution in [0.3, 0.4) is 0 Å². The maximum absolute atomic E-state index is 12.7. The van der Waals surface area contributed by atoms with Gasteiger partial charge in [0.1, 0.15) is 0 Å². The summed E-state index contributed by atoms with van der Waals surface area (Å²) in [6.07, 6.45) is 4.11. The van der Waals surface area contributed by atoms with Crippen molar-refractivity contribution in [3.8, 4) is 0 Å². The van der Waals surface area contributed by atoms with E-state index in [1.807, 2.05) is 18.2 Å².